The number of hydrogen-bond donors (Lipinski definition) is 0. The topological polar surface area (TPSA) is 88.4 Å². The van der Waals surface area contributed by atoms with Gasteiger partial charge in [-0.15, -0.1) is 0 Å². The highest BCUT2D eigenvalue weighted by Gasteiger charge is 2.35. The molecule has 0 saturated heterocycles. The minimum atomic E-state index is -0.760. The van der Waals surface area contributed by atoms with Crippen LogP contribution < -0.4 is 24.4 Å². The van der Waals surface area contributed by atoms with Crippen molar-refractivity contribution in [3.63, 3.8) is 0 Å². The van der Waals surface area contributed by atoms with E-state index in [0.29, 0.717) is 38.5 Å². The van der Waals surface area contributed by atoms with Crippen LogP contribution in [0.15, 0.2) is 63.5 Å². The van der Waals surface area contributed by atoms with Gasteiger partial charge < -0.3 is 18.9 Å². The molecule has 1 aliphatic heterocycles. The number of benzene rings is 2. The standard InChI is InChI=1S/C29H32N2O6S/c1-6-13-36-22-10-8-7-9-21(22)26-25(28(33)37-15-14-34-4)19(3)30-29-31(26)27(32)24(38-29)17-20-12-11-18(2)23(16-20)35-5/h7-12,16-17,26H,6,13-15H2,1-5H3/b24-17+/t26-/m1/s1. The van der Waals surface area contributed by atoms with Crippen molar-refractivity contribution in [2.75, 3.05) is 34.0 Å². The molecule has 0 fully saturated rings. The number of hydrogen-bond acceptors (Lipinski definition) is 8. The molecule has 3 aromatic rings. The first-order chi connectivity index (χ1) is 18.4. The smallest absolute Gasteiger partial charge is 0.338 e. The maximum atomic E-state index is 13.9. The molecule has 0 amide bonds. The Kier molecular flexibility index (Phi) is 8.81. The SMILES string of the molecule is CCCOc1ccccc1[C@@H]1C(C(=O)OCCOC)=C(C)N=c2s/c(=C/c3ccc(C)c(OC)c3)c(=O)n21. The lowest BCUT2D eigenvalue weighted by Gasteiger charge is -2.26. The summed E-state index contributed by atoms with van der Waals surface area (Å²) in [5, 5.41) is 0. The second kappa shape index (κ2) is 12.2. The molecule has 0 saturated carbocycles. The minimum Gasteiger partial charge on any atom is -0.496 e. The quantitative estimate of drug-likeness (QED) is 0.291. The van der Waals surface area contributed by atoms with Crippen LogP contribution in [-0.2, 0) is 14.3 Å². The van der Waals surface area contributed by atoms with Crippen LogP contribution in [-0.4, -0.2) is 44.6 Å². The van der Waals surface area contributed by atoms with E-state index in [-0.39, 0.29) is 18.8 Å². The summed E-state index contributed by atoms with van der Waals surface area (Å²) >= 11 is 1.28. The van der Waals surface area contributed by atoms with Gasteiger partial charge in [-0.3, -0.25) is 9.36 Å². The minimum absolute atomic E-state index is 0.0898. The first-order valence-corrected chi connectivity index (χ1v) is 13.3. The summed E-state index contributed by atoms with van der Waals surface area (Å²) in [6.07, 6.45) is 2.64. The van der Waals surface area contributed by atoms with E-state index in [2.05, 4.69) is 4.99 Å². The number of aryl methyl sites for hydroxylation is 1. The van der Waals surface area contributed by atoms with Crippen molar-refractivity contribution in [3.05, 3.63) is 90.1 Å². The van der Waals surface area contributed by atoms with E-state index in [1.165, 1.54) is 18.4 Å². The molecule has 1 atom stereocenters. The van der Waals surface area contributed by atoms with E-state index in [4.69, 9.17) is 18.9 Å². The Morgan fingerprint density at radius 1 is 1.08 bits per heavy atom. The number of nitrogens with zero attached hydrogens (tertiary/aromatic N) is 2. The number of para-hydroxylation sites is 1. The van der Waals surface area contributed by atoms with Gasteiger partial charge in [0.1, 0.15) is 24.1 Å². The average molecular weight is 537 g/mol. The number of aromatic nitrogens is 1. The fourth-order valence-corrected chi connectivity index (χ4v) is 5.35. The summed E-state index contributed by atoms with van der Waals surface area (Å²) in [5.74, 6) is 0.800. The third-order valence-corrected chi connectivity index (χ3v) is 7.15. The number of rotatable bonds is 10. The number of carbonyl (C=O) groups is 1. The van der Waals surface area contributed by atoms with E-state index < -0.39 is 12.0 Å². The van der Waals surface area contributed by atoms with Crippen LogP contribution in [0.1, 0.15) is 43.0 Å². The maximum absolute atomic E-state index is 13.9. The van der Waals surface area contributed by atoms with Crippen LogP contribution in [0.3, 0.4) is 0 Å². The fraction of sp³-hybridized carbons (Fsp3) is 0.345. The lowest BCUT2D eigenvalue weighted by atomic mass is 9.95. The van der Waals surface area contributed by atoms with Gasteiger partial charge in [0.2, 0.25) is 0 Å². The number of allylic oxidation sites excluding steroid dienone is 1. The van der Waals surface area contributed by atoms with Crippen LogP contribution in [0.2, 0.25) is 0 Å². The van der Waals surface area contributed by atoms with Gasteiger partial charge in [-0.2, -0.15) is 0 Å². The van der Waals surface area contributed by atoms with Crippen LogP contribution in [0.25, 0.3) is 6.08 Å². The second-order valence-corrected chi connectivity index (χ2v) is 9.83. The second-order valence-electron chi connectivity index (χ2n) is 8.83. The summed E-state index contributed by atoms with van der Waals surface area (Å²) in [5.41, 5.74) is 3.06. The number of methoxy groups -OCH3 is 2. The molecule has 0 bridgehead atoms. The molecule has 9 heteroatoms. The molecule has 0 aliphatic carbocycles. The van der Waals surface area contributed by atoms with Gasteiger partial charge in [0.15, 0.2) is 4.80 Å². The zero-order valence-electron chi connectivity index (χ0n) is 22.3. The Morgan fingerprint density at radius 2 is 1.87 bits per heavy atom. The molecule has 2 heterocycles. The Hall–Kier alpha value is -3.69. The van der Waals surface area contributed by atoms with Gasteiger partial charge in [-0.1, -0.05) is 48.6 Å². The molecular formula is C29H32N2O6S. The Labute approximate surface area is 225 Å². The highest BCUT2D eigenvalue weighted by molar-refractivity contribution is 7.07. The van der Waals surface area contributed by atoms with Gasteiger partial charge in [-0.25, -0.2) is 9.79 Å². The van der Waals surface area contributed by atoms with Gasteiger partial charge in [-0.05, 0) is 49.6 Å². The highest BCUT2D eigenvalue weighted by atomic mass is 32.1. The van der Waals surface area contributed by atoms with Crippen molar-refractivity contribution in [3.8, 4) is 11.5 Å². The average Bonchev–Trinajstić information content (AvgIpc) is 3.22. The summed E-state index contributed by atoms with van der Waals surface area (Å²) in [6, 6.07) is 12.5. The molecule has 200 valence electrons. The van der Waals surface area contributed by atoms with E-state index >= 15 is 0 Å². The van der Waals surface area contributed by atoms with Crippen molar-refractivity contribution in [2.45, 2.75) is 33.2 Å². The van der Waals surface area contributed by atoms with Gasteiger partial charge in [0.25, 0.3) is 5.56 Å². The van der Waals surface area contributed by atoms with E-state index in [1.54, 1.807) is 18.6 Å². The van der Waals surface area contributed by atoms with Crippen LogP contribution in [0.5, 0.6) is 11.5 Å². The summed E-state index contributed by atoms with van der Waals surface area (Å²) < 4.78 is 24.1. The van der Waals surface area contributed by atoms with Crippen molar-refractivity contribution in [1.82, 2.24) is 4.57 Å². The van der Waals surface area contributed by atoms with Crippen LogP contribution in [0, 0.1) is 6.92 Å². The molecule has 0 radical (unpaired) electrons. The zero-order valence-corrected chi connectivity index (χ0v) is 23.1. The Bertz CT molecular complexity index is 1540. The molecule has 1 aromatic heterocycles. The molecule has 4 rings (SSSR count). The van der Waals surface area contributed by atoms with E-state index in [9.17, 15) is 9.59 Å². The van der Waals surface area contributed by atoms with E-state index in [1.807, 2.05) is 62.4 Å². The molecular weight excluding hydrogens is 504 g/mol. The van der Waals surface area contributed by atoms with E-state index in [0.717, 1.165) is 23.3 Å². The first kappa shape index (κ1) is 27.3. The Morgan fingerprint density at radius 3 is 2.61 bits per heavy atom. The maximum Gasteiger partial charge on any atom is 0.338 e. The number of ether oxygens (including phenoxy) is 4. The highest BCUT2D eigenvalue weighted by Crippen LogP contribution is 2.36. The Balaban J connectivity index is 1.91. The molecule has 0 unspecified atom stereocenters. The third kappa shape index (κ3) is 5.58. The largest absolute Gasteiger partial charge is 0.496 e. The van der Waals surface area contributed by atoms with Crippen LogP contribution in [0.4, 0.5) is 0 Å². The molecule has 1 aliphatic rings. The summed E-state index contributed by atoms with van der Waals surface area (Å²) in [6.45, 7) is 6.60. The van der Waals surface area contributed by atoms with Gasteiger partial charge in [0, 0.05) is 12.7 Å². The van der Waals surface area contributed by atoms with Gasteiger partial charge in [0.05, 0.1) is 36.1 Å². The van der Waals surface area contributed by atoms with Crippen molar-refractivity contribution in [2.24, 2.45) is 4.99 Å². The van der Waals surface area contributed by atoms with Crippen LogP contribution >= 0.6 is 11.3 Å². The third-order valence-electron chi connectivity index (χ3n) is 6.17. The summed E-state index contributed by atoms with van der Waals surface area (Å²) in [4.78, 5) is 32.4. The van der Waals surface area contributed by atoms with Crippen molar-refractivity contribution >= 4 is 23.4 Å². The molecule has 38 heavy (non-hydrogen) atoms. The molecule has 0 N–H and O–H groups in total. The van der Waals surface area contributed by atoms with Crippen molar-refractivity contribution < 1.29 is 23.7 Å². The number of fused-ring (bicyclic) bond motifs is 1. The number of thiazole rings is 1. The number of esters is 1. The predicted octanol–water partition coefficient (Wildman–Crippen LogP) is 3.53. The molecule has 8 nitrogen and oxygen atoms in total. The molecule has 2 aromatic carbocycles. The lowest BCUT2D eigenvalue weighted by molar-refractivity contribution is -0.140. The fourth-order valence-electron chi connectivity index (χ4n) is 4.30. The normalized spacial score (nSPS) is 15.2. The number of carbonyl (C=O) groups excluding carboxylic acids is 1. The zero-order chi connectivity index (χ0) is 27.2. The lowest BCUT2D eigenvalue weighted by Crippen LogP contribution is -2.40. The molecule has 0 spiro atoms. The predicted molar refractivity (Wildman–Crippen MR) is 147 cm³/mol. The van der Waals surface area contributed by atoms with Gasteiger partial charge >= 0.3 is 5.97 Å². The van der Waals surface area contributed by atoms with Crippen molar-refractivity contribution in [1.29, 1.82) is 0 Å². The first-order valence-electron chi connectivity index (χ1n) is 12.4. The summed E-state index contributed by atoms with van der Waals surface area (Å²) in [7, 11) is 3.16. The monoisotopic (exact) mass is 536 g/mol.